The Bertz CT molecular complexity index is 810. The summed E-state index contributed by atoms with van der Waals surface area (Å²) in [7, 11) is 2.38. The summed E-state index contributed by atoms with van der Waals surface area (Å²) in [6, 6.07) is 4.00. The molecule has 3 rings (SSSR count). The normalized spacial score (nSPS) is 25.1. The van der Waals surface area contributed by atoms with Gasteiger partial charge in [0.2, 0.25) is 5.91 Å². The molecule has 1 aromatic carbocycles. The third kappa shape index (κ3) is 3.42. The summed E-state index contributed by atoms with van der Waals surface area (Å²) in [4.78, 5) is 47.9. The molecule has 142 valence electrons. The van der Waals surface area contributed by atoms with E-state index in [1.165, 1.54) is 32.4 Å². The van der Waals surface area contributed by atoms with E-state index in [1.807, 2.05) is 12.2 Å². The molecule has 1 saturated carbocycles. The maximum atomic E-state index is 12.8. The van der Waals surface area contributed by atoms with Gasteiger partial charge in [-0.05, 0) is 36.5 Å². The fraction of sp³-hybridized carbons (Fsp3) is 0.368. The van der Waals surface area contributed by atoms with E-state index < -0.39 is 35.7 Å². The second-order valence-electron chi connectivity index (χ2n) is 6.59. The Kier molecular flexibility index (Phi) is 4.98. The number of fused-ring (bicyclic) bond motifs is 2. The van der Waals surface area contributed by atoms with Gasteiger partial charge in [0.25, 0.3) is 0 Å². The van der Waals surface area contributed by atoms with Gasteiger partial charge < -0.3 is 24.7 Å². The highest BCUT2D eigenvalue weighted by molar-refractivity contribution is 6.01. The lowest BCUT2D eigenvalue weighted by atomic mass is 9.82. The molecule has 0 heterocycles. The predicted molar refractivity (Wildman–Crippen MR) is 90.5 cm³/mol. The number of benzene rings is 1. The minimum absolute atomic E-state index is 0.0555. The van der Waals surface area contributed by atoms with Gasteiger partial charge in [-0.3, -0.25) is 4.79 Å². The van der Waals surface area contributed by atoms with E-state index in [0.717, 1.165) is 0 Å². The van der Waals surface area contributed by atoms with Crippen molar-refractivity contribution in [3.63, 3.8) is 0 Å². The van der Waals surface area contributed by atoms with Gasteiger partial charge in [0.15, 0.2) is 0 Å². The maximum Gasteiger partial charge on any atom is 0.337 e. The number of nitrogens with one attached hydrogen (secondary N) is 1. The highest BCUT2D eigenvalue weighted by Crippen LogP contribution is 2.48. The van der Waals surface area contributed by atoms with E-state index in [-0.39, 0.29) is 28.7 Å². The van der Waals surface area contributed by atoms with Gasteiger partial charge >= 0.3 is 11.9 Å². The second-order valence-corrected chi connectivity index (χ2v) is 6.59. The molecule has 0 radical (unpaired) electrons. The zero-order valence-corrected chi connectivity index (χ0v) is 14.8. The van der Waals surface area contributed by atoms with Crippen molar-refractivity contribution in [2.45, 2.75) is 6.42 Å². The average Bonchev–Trinajstić information content (AvgIpc) is 3.27. The van der Waals surface area contributed by atoms with Crippen molar-refractivity contribution < 1.29 is 33.8 Å². The van der Waals surface area contributed by atoms with Crippen LogP contribution in [0.4, 0.5) is 5.69 Å². The summed E-state index contributed by atoms with van der Waals surface area (Å²) in [6.45, 7) is 0. The third-order valence-electron chi connectivity index (χ3n) is 5.08. The van der Waals surface area contributed by atoms with Crippen molar-refractivity contribution in [3.05, 3.63) is 41.5 Å². The molecule has 0 saturated heterocycles. The average molecular weight is 372 g/mol. The van der Waals surface area contributed by atoms with Crippen LogP contribution in [0.2, 0.25) is 0 Å². The van der Waals surface area contributed by atoms with Gasteiger partial charge in [-0.25, -0.2) is 9.59 Å². The number of carboxylic acid groups (broad SMARTS) is 1. The quantitative estimate of drug-likeness (QED) is 0.586. The van der Waals surface area contributed by atoms with Crippen molar-refractivity contribution in [3.8, 4) is 0 Å². The fourth-order valence-corrected chi connectivity index (χ4v) is 3.90. The van der Waals surface area contributed by atoms with E-state index in [1.54, 1.807) is 0 Å². The number of hydrogen-bond donors (Lipinski definition) is 1. The number of ether oxygens (including phenoxy) is 2. The first-order chi connectivity index (χ1) is 12.8. The number of carbonyl (C=O) groups excluding carboxylic acids is 4. The smallest absolute Gasteiger partial charge is 0.337 e. The van der Waals surface area contributed by atoms with Crippen LogP contribution in [0.25, 0.3) is 0 Å². The van der Waals surface area contributed by atoms with Crippen LogP contribution >= 0.6 is 0 Å². The number of aliphatic carboxylic acids is 1. The number of carbonyl (C=O) groups is 4. The van der Waals surface area contributed by atoms with E-state index in [2.05, 4.69) is 14.8 Å². The third-order valence-corrected chi connectivity index (χ3v) is 5.08. The summed E-state index contributed by atoms with van der Waals surface area (Å²) in [5.41, 5.74) is 0.284. The number of amides is 1. The lowest BCUT2D eigenvalue weighted by Crippen LogP contribution is -2.42. The summed E-state index contributed by atoms with van der Waals surface area (Å²) in [5.74, 6) is -5.20. The van der Waals surface area contributed by atoms with Crippen LogP contribution in [0.1, 0.15) is 27.1 Å². The first-order valence-electron chi connectivity index (χ1n) is 8.37. The van der Waals surface area contributed by atoms with Crippen LogP contribution in [-0.4, -0.2) is 38.0 Å². The number of esters is 2. The molecule has 27 heavy (non-hydrogen) atoms. The molecule has 8 heteroatoms. The SMILES string of the molecule is COC(=O)c1cc(NC(=O)[C@H]2[C@@H](C(=O)[O-])[C@H]3C=C[C@H]2C3)cc(C(=O)OC)c1. The van der Waals surface area contributed by atoms with Crippen LogP contribution in [0, 0.1) is 23.7 Å². The number of anilines is 1. The van der Waals surface area contributed by atoms with E-state index in [0.29, 0.717) is 6.42 Å². The van der Waals surface area contributed by atoms with Gasteiger partial charge in [0.1, 0.15) is 0 Å². The summed E-state index contributed by atoms with van der Waals surface area (Å²) < 4.78 is 9.31. The topological polar surface area (TPSA) is 122 Å². The Morgan fingerprint density at radius 1 is 0.926 bits per heavy atom. The zero-order chi connectivity index (χ0) is 19.7. The zero-order valence-electron chi connectivity index (χ0n) is 14.8. The largest absolute Gasteiger partial charge is 0.550 e. The fourth-order valence-electron chi connectivity index (χ4n) is 3.90. The Hall–Kier alpha value is -3.16. The molecule has 1 amide bonds. The van der Waals surface area contributed by atoms with Gasteiger partial charge in [-0.2, -0.15) is 0 Å². The predicted octanol–water partition coefficient (Wildman–Crippen LogP) is 0.386. The first-order valence-corrected chi connectivity index (χ1v) is 8.37. The molecule has 8 nitrogen and oxygen atoms in total. The van der Waals surface area contributed by atoms with Crippen molar-refractivity contribution in [1.29, 1.82) is 0 Å². The number of allylic oxidation sites excluding steroid dienone is 2. The van der Waals surface area contributed by atoms with E-state index >= 15 is 0 Å². The summed E-state index contributed by atoms with van der Waals surface area (Å²) in [6.07, 6.45) is 4.24. The number of methoxy groups -OCH3 is 2. The Morgan fingerprint density at radius 3 is 1.93 bits per heavy atom. The van der Waals surface area contributed by atoms with E-state index in [4.69, 9.17) is 0 Å². The second kappa shape index (κ2) is 7.22. The minimum Gasteiger partial charge on any atom is -0.550 e. The van der Waals surface area contributed by atoms with Crippen molar-refractivity contribution in [1.82, 2.24) is 0 Å². The molecule has 4 atom stereocenters. The summed E-state index contributed by atoms with van der Waals surface area (Å²) >= 11 is 0. The standard InChI is InChI=1S/C19H19NO7/c1-26-18(24)11-6-12(19(25)27-2)8-13(7-11)20-16(21)14-9-3-4-10(5-9)15(14)17(22)23/h3-4,6-10,14-15H,5H2,1-2H3,(H,20,21)(H,22,23)/p-1/t9-,10-,14+,15-/m0/s1. The molecular formula is C19H18NO7-. The Morgan fingerprint density at radius 2 is 1.44 bits per heavy atom. The molecule has 2 bridgehead atoms. The lowest BCUT2D eigenvalue weighted by molar-refractivity contribution is -0.313. The van der Waals surface area contributed by atoms with Crippen LogP contribution in [-0.2, 0) is 19.1 Å². The van der Waals surface area contributed by atoms with Gasteiger partial charge in [-0.1, -0.05) is 12.2 Å². The van der Waals surface area contributed by atoms with Crippen LogP contribution in [0.5, 0.6) is 0 Å². The molecule has 2 aliphatic rings. The number of rotatable bonds is 5. The van der Waals surface area contributed by atoms with Gasteiger partial charge in [-0.15, -0.1) is 0 Å². The lowest BCUT2D eigenvalue weighted by Gasteiger charge is -2.27. The van der Waals surface area contributed by atoms with Crippen molar-refractivity contribution >= 4 is 29.5 Å². The van der Waals surface area contributed by atoms with Crippen LogP contribution in [0.15, 0.2) is 30.4 Å². The van der Waals surface area contributed by atoms with Gasteiger partial charge in [0, 0.05) is 17.6 Å². The van der Waals surface area contributed by atoms with E-state index in [9.17, 15) is 24.3 Å². The highest BCUT2D eigenvalue weighted by Gasteiger charge is 2.48. The molecule has 1 N–H and O–H groups in total. The van der Waals surface area contributed by atoms with Crippen molar-refractivity contribution in [2.24, 2.45) is 23.7 Å². The Balaban J connectivity index is 1.89. The monoisotopic (exact) mass is 372 g/mol. The summed E-state index contributed by atoms with van der Waals surface area (Å²) in [5, 5.41) is 14.1. The molecule has 0 aliphatic heterocycles. The molecule has 0 aromatic heterocycles. The molecule has 0 unspecified atom stereocenters. The highest BCUT2D eigenvalue weighted by atomic mass is 16.5. The van der Waals surface area contributed by atoms with Crippen LogP contribution < -0.4 is 10.4 Å². The van der Waals surface area contributed by atoms with Gasteiger partial charge in [0.05, 0.1) is 31.3 Å². The number of hydrogen-bond acceptors (Lipinski definition) is 7. The molecule has 0 spiro atoms. The van der Waals surface area contributed by atoms with Crippen LogP contribution in [0.3, 0.4) is 0 Å². The first kappa shape index (κ1) is 18.6. The number of carboxylic acids is 1. The van der Waals surface area contributed by atoms with Crippen molar-refractivity contribution in [2.75, 3.05) is 19.5 Å². The maximum absolute atomic E-state index is 12.8. The molecule has 1 fully saturated rings. The molecular weight excluding hydrogens is 354 g/mol. The molecule has 2 aliphatic carbocycles. The Labute approximate surface area is 155 Å². The molecule has 1 aromatic rings. The minimum atomic E-state index is -1.26.